The molecular weight excluding hydrogens is 380 g/mol. The normalized spacial score (nSPS) is 13.0. The Bertz CT molecular complexity index is 796. The van der Waals surface area contributed by atoms with E-state index >= 15 is 0 Å². The number of thiocarbonyl (C=S) groups is 1. The summed E-state index contributed by atoms with van der Waals surface area (Å²) in [5, 5.41) is 10.4. The minimum Gasteiger partial charge on any atom is -0.387 e. The van der Waals surface area contributed by atoms with Crippen LogP contribution in [-0.4, -0.2) is 54.6 Å². The minimum atomic E-state index is -0.551. The second-order valence-corrected chi connectivity index (χ2v) is 6.72. The van der Waals surface area contributed by atoms with Gasteiger partial charge in [-0.15, -0.1) is 0 Å². The summed E-state index contributed by atoms with van der Waals surface area (Å²) in [4.78, 5) is 14.1. The summed E-state index contributed by atoms with van der Waals surface area (Å²) in [5.74, 6) is 0.916. The molecule has 2 aromatic rings. The fraction of sp³-hybridized carbons (Fsp3) is 0.421. The number of ether oxygens (including phenoxy) is 2. The smallest absolute Gasteiger partial charge is 0.387 e. The van der Waals surface area contributed by atoms with Crippen LogP contribution in [0.1, 0.15) is 16.9 Å². The number of amides is 1. The van der Waals surface area contributed by atoms with Crippen molar-refractivity contribution in [1.82, 2.24) is 20.7 Å². The highest BCUT2D eigenvalue weighted by Crippen LogP contribution is 2.27. The maximum atomic E-state index is 12.1. The maximum Gasteiger partial charge on any atom is 0.414 e. The van der Waals surface area contributed by atoms with Crippen LogP contribution in [0.5, 0.6) is 5.88 Å². The number of methoxy groups -OCH3 is 1. The van der Waals surface area contributed by atoms with Gasteiger partial charge in [-0.3, -0.25) is 0 Å². The van der Waals surface area contributed by atoms with Crippen molar-refractivity contribution in [1.29, 1.82) is 0 Å². The van der Waals surface area contributed by atoms with Crippen LogP contribution < -0.4 is 15.4 Å². The molecule has 2 heterocycles. The number of aromatic nitrogens is 1. The Morgan fingerprint density at radius 1 is 1.29 bits per heavy atom. The van der Waals surface area contributed by atoms with Crippen LogP contribution in [0.2, 0.25) is 0 Å². The molecule has 1 aliphatic heterocycles. The summed E-state index contributed by atoms with van der Waals surface area (Å²) in [6, 6.07) is 9.92. The molecule has 150 valence electrons. The molecule has 1 amide bonds. The third kappa shape index (κ3) is 5.43. The van der Waals surface area contributed by atoms with Crippen molar-refractivity contribution in [3.05, 3.63) is 47.2 Å². The van der Waals surface area contributed by atoms with E-state index < -0.39 is 6.09 Å². The molecule has 0 aliphatic carbocycles. The Labute approximate surface area is 169 Å². The van der Waals surface area contributed by atoms with Gasteiger partial charge in [0.1, 0.15) is 5.76 Å². The second-order valence-electron chi connectivity index (χ2n) is 6.34. The first-order valence-corrected chi connectivity index (χ1v) is 9.57. The molecular formula is C19H24N4O4S. The highest BCUT2D eigenvalue weighted by atomic mass is 32.1. The maximum absolute atomic E-state index is 12.1. The largest absolute Gasteiger partial charge is 0.414 e. The number of hydrogen-bond acceptors (Lipinski definition) is 6. The number of fused-ring (bicyclic) bond motifs is 1. The molecule has 9 heteroatoms. The van der Waals surface area contributed by atoms with E-state index in [-0.39, 0.29) is 5.88 Å². The second kappa shape index (κ2) is 10.0. The lowest BCUT2D eigenvalue weighted by Crippen LogP contribution is -2.43. The van der Waals surface area contributed by atoms with Crippen LogP contribution >= 0.6 is 12.2 Å². The van der Waals surface area contributed by atoms with E-state index in [0.29, 0.717) is 44.3 Å². The lowest BCUT2D eigenvalue weighted by molar-refractivity contribution is 0.195. The summed E-state index contributed by atoms with van der Waals surface area (Å²) in [5.41, 5.74) is 1.90. The molecule has 0 unspecified atom stereocenters. The third-order valence-electron chi connectivity index (χ3n) is 4.38. The van der Waals surface area contributed by atoms with Gasteiger partial charge in [0.2, 0.25) is 0 Å². The average Bonchev–Trinajstić information content (AvgIpc) is 3.11. The molecule has 0 spiro atoms. The molecule has 8 nitrogen and oxygen atoms in total. The van der Waals surface area contributed by atoms with Crippen LogP contribution in [0, 0.1) is 0 Å². The Balaban J connectivity index is 1.50. The minimum absolute atomic E-state index is 0.191. The molecule has 0 fully saturated rings. The molecule has 1 aliphatic rings. The molecule has 0 saturated carbocycles. The van der Waals surface area contributed by atoms with Crippen molar-refractivity contribution in [2.24, 2.45) is 0 Å². The van der Waals surface area contributed by atoms with E-state index in [1.807, 2.05) is 35.2 Å². The van der Waals surface area contributed by atoms with Crippen molar-refractivity contribution in [3.63, 3.8) is 0 Å². The van der Waals surface area contributed by atoms with E-state index in [2.05, 4.69) is 15.8 Å². The number of benzene rings is 1. The topological polar surface area (TPSA) is 88.9 Å². The van der Waals surface area contributed by atoms with E-state index in [1.54, 1.807) is 7.11 Å². The van der Waals surface area contributed by atoms with Crippen molar-refractivity contribution >= 4 is 23.4 Å². The number of carbonyl (C=O) groups excluding carboxylic acids is 1. The van der Waals surface area contributed by atoms with Crippen LogP contribution in [0.3, 0.4) is 0 Å². The van der Waals surface area contributed by atoms with Crippen LogP contribution in [0.4, 0.5) is 4.79 Å². The number of carbonyl (C=O) groups is 1. The first-order valence-electron chi connectivity index (χ1n) is 9.16. The van der Waals surface area contributed by atoms with Crippen molar-refractivity contribution in [2.45, 2.75) is 19.4 Å². The highest BCUT2D eigenvalue weighted by Gasteiger charge is 2.27. The molecule has 2 N–H and O–H groups in total. The molecule has 0 bridgehead atoms. The van der Waals surface area contributed by atoms with E-state index in [0.717, 1.165) is 23.3 Å². The lowest BCUT2D eigenvalue weighted by Gasteiger charge is -2.28. The van der Waals surface area contributed by atoms with E-state index in [4.69, 9.17) is 26.2 Å². The quantitative estimate of drug-likeness (QED) is 0.534. The van der Waals surface area contributed by atoms with Gasteiger partial charge >= 0.3 is 6.09 Å². The summed E-state index contributed by atoms with van der Waals surface area (Å²) < 4.78 is 15.7. The van der Waals surface area contributed by atoms with Crippen LogP contribution in [0.15, 0.2) is 34.9 Å². The van der Waals surface area contributed by atoms with Crippen molar-refractivity contribution in [2.75, 3.05) is 33.4 Å². The fourth-order valence-electron chi connectivity index (χ4n) is 2.89. The Kier molecular flexibility index (Phi) is 7.21. The third-order valence-corrected chi connectivity index (χ3v) is 4.78. The van der Waals surface area contributed by atoms with E-state index in [9.17, 15) is 4.79 Å². The number of rotatable bonds is 7. The summed E-state index contributed by atoms with van der Waals surface area (Å²) in [7, 11) is 1.64. The number of nitrogens with zero attached hydrogens (tertiary/aromatic N) is 2. The Morgan fingerprint density at radius 2 is 2.11 bits per heavy atom. The highest BCUT2D eigenvalue weighted by molar-refractivity contribution is 7.80. The first kappa shape index (κ1) is 20.1. The zero-order chi connectivity index (χ0) is 19.8. The van der Waals surface area contributed by atoms with Gasteiger partial charge in [-0.2, -0.15) is 0 Å². The lowest BCUT2D eigenvalue weighted by atomic mass is 10.1. The zero-order valence-corrected chi connectivity index (χ0v) is 16.6. The Hall–Kier alpha value is -2.65. The number of nitrogens with one attached hydrogen (secondary N) is 2. The first-order chi connectivity index (χ1) is 13.7. The van der Waals surface area contributed by atoms with Crippen LogP contribution in [0.25, 0.3) is 0 Å². The molecule has 3 rings (SSSR count). The summed E-state index contributed by atoms with van der Waals surface area (Å²) >= 11 is 5.41. The molecule has 0 radical (unpaired) electrons. The predicted octanol–water partition coefficient (Wildman–Crippen LogP) is 1.88. The molecule has 1 aromatic heterocycles. The van der Waals surface area contributed by atoms with E-state index in [1.165, 1.54) is 0 Å². The standard InChI is InChI=1S/C19H24N4O4S/c1-25-12-10-20-18(28)23-11-8-16-15(13-23)17(22-27-16)26-19(24)21-9-7-14-5-3-2-4-6-14/h2-6H,7-13H2,1H3,(H,20,28)(H,21,24). The molecule has 28 heavy (non-hydrogen) atoms. The fourth-order valence-corrected chi connectivity index (χ4v) is 3.15. The Morgan fingerprint density at radius 3 is 2.89 bits per heavy atom. The van der Waals surface area contributed by atoms with Crippen molar-refractivity contribution < 1.29 is 18.8 Å². The van der Waals surface area contributed by atoms with Gasteiger partial charge in [0.05, 0.1) is 18.7 Å². The number of hydrogen-bond donors (Lipinski definition) is 2. The predicted molar refractivity (Wildman–Crippen MR) is 107 cm³/mol. The molecule has 1 aromatic carbocycles. The monoisotopic (exact) mass is 404 g/mol. The zero-order valence-electron chi connectivity index (χ0n) is 15.8. The summed E-state index contributed by atoms with van der Waals surface area (Å²) in [6.45, 7) is 2.87. The van der Waals surface area contributed by atoms with Gasteiger partial charge in [-0.1, -0.05) is 30.3 Å². The SMILES string of the molecule is COCCNC(=S)N1CCc2onc(OC(=O)NCCc3ccccc3)c2C1. The van der Waals surface area contributed by atoms with Crippen molar-refractivity contribution in [3.8, 4) is 5.88 Å². The van der Waals surface area contributed by atoms with Gasteiger partial charge in [-0.05, 0) is 29.4 Å². The summed E-state index contributed by atoms with van der Waals surface area (Å²) in [6.07, 6.45) is 0.820. The van der Waals surface area contributed by atoms with Gasteiger partial charge in [-0.25, -0.2) is 4.79 Å². The van der Waals surface area contributed by atoms with Gasteiger partial charge in [0, 0.05) is 33.2 Å². The average molecular weight is 404 g/mol. The molecule has 0 atom stereocenters. The van der Waals surface area contributed by atoms with Gasteiger partial charge in [0.25, 0.3) is 5.88 Å². The molecule has 0 saturated heterocycles. The van der Waals surface area contributed by atoms with Gasteiger partial charge < -0.3 is 29.5 Å². The van der Waals surface area contributed by atoms with Crippen LogP contribution in [-0.2, 0) is 24.1 Å². The van der Waals surface area contributed by atoms with Gasteiger partial charge in [0.15, 0.2) is 5.11 Å².